The molecule has 13 atom stereocenters. The lowest BCUT2D eigenvalue weighted by Crippen LogP contribution is -2.62. The van der Waals surface area contributed by atoms with Gasteiger partial charge in [-0.1, -0.05) is 76.6 Å². The van der Waals surface area contributed by atoms with E-state index in [1.807, 2.05) is 0 Å². The van der Waals surface area contributed by atoms with E-state index in [0.717, 1.165) is 4.90 Å². The van der Waals surface area contributed by atoms with Gasteiger partial charge in [0.25, 0.3) is 0 Å². The number of primary amides is 1. The fourth-order valence-corrected chi connectivity index (χ4v) is 12.0. The molecule has 2 heterocycles. The Morgan fingerprint density at radius 3 is 1.57 bits per heavy atom. The summed E-state index contributed by atoms with van der Waals surface area (Å²) in [5.74, 6) is -19.8. The van der Waals surface area contributed by atoms with Gasteiger partial charge in [-0.25, -0.2) is 4.79 Å². The van der Waals surface area contributed by atoms with Gasteiger partial charge in [0.1, 0.15) is 72.2 Å². The van der Waals surface area contributed by atoms with Crippen molar-refractivity contribution >= 4 is 112 Å². The Hall–Kier alpha value is -10.7. The number of hydrogen-bond acceptors (Lipinski definition) is 20. The zero-order valence-electron chi connectivity index (χ0n) is 59.7. The Kier molecular flexibility index (Phi) is 36.6. The number of benzene rings is 2. The Morgan fingerprint density at radius 1 is 0.538 bits per heavy atom. The summed E-state index contributed by atoms with van der Waals surface area (Å²) >= 11 is 1.33. The van der Waals surface area contributed by atoms with Crippen LogP contribution in [0.1, 0.15) is 129 Å². The van der Waals surface area contributed by atoms with Gasteiger partial charge >= 0.3 is 23.9 Å². The highest BCUT2D eigenvalue weighted by molar-refractivity contribution is 7.98. The molecule has 12 amide bonds. The number of carbonyl (C=O) groups excluding carboxylic acids is 12. The molecule has 4 rings (SSSR count). The van der Waals surface area contributed by atoms with Crippen molar-refractivity contribution in [2.24, 2.45) is 34.0 Å². The molecule has 2 aromatic rings. The zero-order chi connectivity index (χ0) is 78.9. The number of likely N-dealkylation sites (tertiary alicyclic amines) is 1. The molecule has 2 fully saturated rings. The first-order valence-electron chi connectivity index (χ1n) is 34.7. The first-order valence-corrected chi connectivity index (χ1v) is 36.1. The van der Waals surface area contributed by atoms with E-state index in [1.54, 1.807) is 57.4 Å². The summed E-state index contributed by atoms with van der Waals surface area (Å²) in [6.07, 6.45) is -1.94. The van der Waals surface area contributed by atoms with Gasteiger partial charge in [0.2, 0.25) is 70.9 Å². The number of aliphatic imine (C=N–C) groups is 1. The molecular weight excluding hydrogens is 1410 g/mol. The molecule has 0 bridgehead atoms. The third-order valence-electron chi connectivity index (χ3n) is 17.6. The molecule has 37 nitrogen and oxygen atoms in total. The van der Waals surface area contributed by atoms with Crippen molar-refractivity contribution in [3.8, 4) is 5.75 Å². The van der Waals surface area contributed by atoms with Crippen molar-refractivity contribution in [3.05, 3.63) is 65.7 Å². The summed E-state index contributed by atoms with van der Waals surface area (Å²) in [5, 5.41) is 77.1. The maximum absolute atomic E-state index is 14.9. The summed E-state index contributed by atoms with van der Waals surface area (Å²) in [6, 6.07) is -4.85. The number of carbonyl (C=O) groups is 16. The number of aromatic hydroxyl groups is 1. The van der Waals surface area contributed by atoms with E-state index in [-0.39, 0.29) is 69.7 Å². The van der Waals surface area contributed by atoms with Crippen LogP contribution in [-0.2, 0) is 89.6 Å². The Morgan fingerprint density at radius 2 is 1.04 bits per heavy atom. The number of nitrogens with zero attached hydrogens (tertiary/aromatic N) is 2. The molecule has 0 unspecified atom stereocenters. The van der Waals surface area contributed by atoms with Gasteiger partial charge in [0.15, 0.2) is 5.96 Å². The Labute approximate surface area is 615 Å². The van der Waals surface area contributed by atoms with Crippen molar-refractivity contribution < 1.29 is 102 Å². The largest absolute Gasteiger partial charge is 0.508 e. The van der Waals surface area contributed by atoms with E-state index in [1.165, 1.54) is 43.0 Å². The topological polar surface area (TPSA) is 600 Å². The molecule has 2 aromatic carbocycles. The predicted octanol–water partition coefficient (Wildman–Crippen LogP) is -3.56. The van der Waals surface area contributed by atoms with Gasteiger partial charge in [-0.15, -0.1) is 0 Å². The summed E-state index contributed by atoms with van der Waals surface area (Å²) in [5.41, 5.74) is 17.5. The van der Waals surface area contributed by atoms with Crippen LogP contribution < -0.4 is 75.7 Å². The van der Waals surface area contributed by atoms with Crippen LogP contribution in [0.25, 0.3) is 0 Å². The van der Waals surface area contributed by atoms with Crippen LogP contribution in [0.5, 0.6) is 5.75 Å². The number of thioether (sulfide) groups is 1. The maximum atomic E-state index is 14.9. The second-order valence-electron chi connectivity index (χ2n) is 26.2. The first-order chi connectivity index (χ1) is 50.1. The highest BCUT2D eigenvalue weighted by Gasteiger charge is 2.42. The third-order valence-corrected chi connectivity index (χ3v) is 18.2. The lowest BCUT2D eigenvalue weighted by Gasteiger charge is -2.32. The minimum Gasteiger partial charge on any atom is -0.508 e. The van der Waals surface area contributed by atoms with E-state index in [0.29, 0.717) is 36.3 Å². The maximum Gasteiger partial charge on any atom is 0.326 e. The highest BCUT2D eigenvalue weighted by Crippen LogP contribution is 2.22. The summed E-state index contributed by atoms with van der Waals surface area (Å²) in [4.78, 5) is 222. The summed E-state index contributed by atoms with van der Waals surface area (Å²) in [6.45, 7) is 6.59. The predicted molar refractivity (Wildman–Crippen MR) is 382 cm³/mol. The number of amides is 12. The minimum absolute atomic E-state index is 0.00440. The van der Waals surface area contributed by atoms with Gasteiger partial charge in [-0.05, 0) is 111 Å². The Bertz CT molecular complexity index is 3450. The number of hydrogen-bond donors (Lipinski definition) is 19. The average molecular weight is 1510 g/mol. The molecule has 0 spiro atoms. The smallest absolute Gasteiger partial charge is 0.326 e. The molecule has 0 radical (unpaired) electrons. The normalized spacial score (nSPS) is 17.0. The molecule has 2 saturated heterocycles. The van der Waals surface area contributed by atoms with Crippen molar-refractivity contribution in [1.82, 2.24) is 63.4 Å². The number of phenolic OH excluding ortho intramolecular Hbond substituents is 1. The van der Waals surface area contributed by atoms with E-state index in [2.05, 4.69) is 63.5 Å². The molecule has 0 aromatic heterocycles. The first kappa shape index (κ1) is 87.7. The SMILES string of the molecule is CC[C@H](C)[C@H](NC(=O)[C@H](CC(=O)O)NC(=O)[C@H](CC(=O)O)NC(=O)[C@H](CCSC)NC(=O)[C@@H]1CCCN1)C(=O)N[C@@H](Cc1ccc(O)cc1)C(=O)N[C@@H](CCC(N)=O)C(=O)N[C@@H](CCCN=C(N)N)C(=O)N1CCC[C@H]1C(=O)N[C@H](C(=O)N[C@@H](CCC(=O)O)C(=O)N[C@@H](Cc1ccccc1)C(=O)O)C(C)C. The van der Waals surface area contributed by atoms with Crippen molar-refractivity contribution in [1.29, 1.82) is 0 Å². The van der Waals surface area contributed by atoms with Crippen LogP contribution in [-0.4, -0.2) is 235 Å². The molecule has 0 saturated carbocycles. The Balaban J connectivity index is 1.63. The summed E-state index contributed by atoms with van der Waals surface area (Å²) in [7, 11) is 0. The molecule has 2 aliphatic heterocycles. The minimum atomic E-state index is -2.06. The van der Waals surface area contributed by atoms with Crippen molar-refractivity contribution in [2.45, 2.75) is 203 Å². The second-order valence-corrected chi connectivity index (χ2v) is 27.2. The highest BCUT2D eigenvalue weighted by atomic mass is 32.2. The van der Waals surface area contributed by atoms with Crippen LogP contribution >= 0.6 is 11.8 Å². The fourth-order valence-electron chi connectivity index (χ4n) is 11.6. The molecular formula is C68H100N16O21S. The van der Waals surface area contributed by atoms with Crippen LogP contribution in [0, 0.1) is 11.8 Å². The number of aliphatic carboxylic acids is 4. The zero-order valence-corrected chi connectivity index (χ0v) is 60.5. The molecule has 584 valence electrons. The van der Waals surface area contributed by atoms with Crippen LogP contribution in [0.3, 0.4) is 0 Å². The third kappa shape index (κ3) is 29.8. The van der Waals surface area contributed by atoms with E-state index < -0.39 is 224 Å². The van der Waals surface area contributed by atoms with Crippen LogP contribution in [0.15, 0.2) is 59.6 Å². The van der Waals surface area contributed by atoms with Crippen LogP contribution in [0.2, 0.25) is 0 Å². The van der Waals surface area contributed by atoms with Gasteiger partial charge in [0, 0.05) is 38.8 Å². The molecule has 106 heavy (non-hydrogen) atoms. The monoisotopic (exact) mass is 1510 g/mol. The fraction of sp³-hybridized carbons (Fsp3) is 0.574. The quantitative estimate of drug-likeness (QED) is 0.0173. The van der Waals surface area contributed by atoms with Gasteiger partial charge in [-0.3, -0.25) is 76.9 Å². The molecule has 2 aliphatic rings. The summed E-state index contributed by atoms with van der Waals surface area (Å²) < 4.78 is 0. The number of nitrogens with one attached hydrogen (secondary N) is 11. The lowest BCUT2D eigenvalue weighted by atomic mass is 9.96. The standard InChI is InChI=1S/C68H100N16O21S/c1-6-36(4)55(83-62(99)47(34-53(91)92)79-61(98)46(33-52(89)90)78-59(96)43(26-30-106-5)75-56(93)40-15-10-27-72-40)65(102)80-45(31-38-18-20-39(85)21-19-38)60(97)74-41(22-24-50(69)86)57(94)77-44(16-11-28-73-68(70)71)66(103)84-29-12-17-49(84)63(100)82-54(35(2)3)64(101)76-42(23-25-51(87)88)58(95)81-48(67(104)105)32-37-13-8-7-9-14-37/h7-9,13-14,18-21,35-36,40-49,54-55,72,85H,6,10-12,15-17,22-34H2,1-5H3,(H2,69,86)(H,74,97)(H,75,93)(H,76,101)(H,77,94)(H,78,96)(H,79,98)(H,80,102)(H,81,95)(H,82,100)(H,83,99)(H,87,88)(H,89,90)(H,91,92)(H,104,105)(H4,70,71,73)/t36-,40-,41-,42-,43-,44-,45-,46-,47-,48-,49-,54-,55-/m0/s1. The molecule has 0 aliphatic carbocycles. The van der Waals surface area contributed by atoms with E-state index in [9.17, 15) is 102 Å². The van der Waals surface area contributed by atoms with Crippen LogP contribution in [0.4, 0.5) is 0 Å². The number of nitrogens with two attached hydrogens (primary N) is 3. The van der Waals surface area contributed by atoms with E-state index in [4.69, 9.17) is 17.2 Å². The van der Waals surface area contributed by atoms with Crippen molar-refractivity contribution in [2.75, 3.05) is 31.6 Å². The van der Waals surface area contributed by atoms with Gasteiger partial charge in [-0.2, -0.15) is 11.8 Å². The lowest BCUT2D eigenvalue weighted by molar-refractivity contribution is -0.144. The number of carboxylic acids is 4. The molecule has 22 N–H and O–H groups in total. The number of guanidine groups is 1. The van der Waals surface area contributed by atoms with E-state index >= 15 is 0 Å². The second kappa shape index (κ2) is 44.2. The van der Waals surface area contributed by atoms with Gasteiger partial charge < -0.3 is 106 Å². The number of rotatable bonds is 46. The number of phenols is 1. The van der Waals surface area contributed by atoms with Gasteiger partial charge in [0.05, 0.1) is 18.9 Å². The molecule has 38 heteroatoms. The number of carboxylic acid groups (broad SMARTS) is 4. The van der Waals surface area contributed by atoms with Crippen molar-refractivity contribution in [3.63, 3.8) is 0 Å². The average Bonchev–Trinajstić information content (AvgIpc) is 1.58.